The van der Waals surface area contributed by atoms with Crippen LogP contribution in [0, 0.1) is 0 Å². The zero-order valence-corrected chi connectivity index (χ0v) is 17.3. The lowest BCUT2D eigenvalue weighted by Crippen LogP contribution is -2.48. The van der Waals surface area contributed by atoms with Gasteiger partial charge in [0.15, 0.2) is 11.4 Å². The van der Waals surface area contributed by atoms with Crippen LogP contribution in [0.1, 0.15) is 30.1 Å². The number of hydrogen-bond donors (Lipinski definition) is 1. The van der Waals surface area contributed by atoms with Crippen LogP contribution in [-0.4, -0.2) is 63.3 Å². The van der Waals surface area contributed by atoms with Gasteiger partial charge in [0.1, 0.15) is 0 Å². The van der Waals surface area contributed by atoms with Crippen molar-refractivity contribution in [2.45, 2.75) is 19.8 Å². The second-order valence-electron chi connectivity index (χ2n) is 7.47. The Morgan fingerprint density at radius 1 is 0.935 bits per heavy atom. The van der Waals surface area contributed by atoms with E-state index in [2.05, 4.69) is 20.4 Å². The highest BCUT2D eigenvalue weighted by Crippen LogP contribution is 2.18. The smallest absolute Gasteiger partial charge is 0.235 e. The van der Waals surface area contributed by atoms with Gasteiger partial charge < -0.3 is 9.80 Å². The van der Waals surface area contributed by atoms with E-state index >= 15 is 0 Å². The first-order valence-corrected chi connectivity index (χ1v) is 10.2. The van der Waals surface area contributed by atoms with Crippen LogP contribution in [0.2, 0.25) is 0 Å². The Balaban J connectivity index is 1.24. The number of Topliss-reactive ketones (excluding diaryl/α,β-unsaturated/α-hetero) is 1. The number of pyridine rings is 1. The Hall–Kier alpha value is -3.75. The topological polar surface area (TPSA) is 99.9 Å². The van der Waals surface area contributed by atoms with Crippen molar-refractivity contribution >= 4 is 34.9 Å². The number of anilines is 2. The molecular weight excluding hydrogens is 396 g/mol. The number of benzene rings is 1. The van der Waals surface area contributed by atoms with Crippen molar-refractivity contribution < 1.29 is 14.4 Å². The first-order chi connectivity index (χ1) is 15.0. The normalized spacial score (nSPS) is 14.0. The summed E-state index contributed by atoms with van der Waals surface area (Å²) in [5, 5.41) is 10.7. The zero-order valence-electron chi connectivity index (χ0n) is 17.3. The number of carbonyl (C=O) groups excluding carboxylic acids is 3. The first-order valence-electron chi connectivity index (χ1n) is 10.2. The van der Waals surface area contributed by atoms with Crippen LogP contribution in [0.3, 0.4) is 0 Å². The number of nitrogens with one attached hydrogen (secondary N) is 1. The second-order valence-corrected chi connectivity index (χ2v) is 7.47. The largest absolute Gasteiger partial charge is 0.368 e. The van der Waals surface area contributed by atoms with Crippen LogP contribution in [0.4, 0.5) is 11.6 Å². The molecule has 0 spiro atoms. The standard InChI is InChI=1S/C22H24N6O3/c1-16(29)17-5-7-18(8-6-17)26-12-14-27(15-13-26)21(31)10-9-20(30)23-22-25-24-19-4-2-3-11-28(19)22/h2-8,11H,9-10,12-15H2,1H3,(H,23,25,30). The summed E-state index contributed by atoms with van der Waals surface area (Å²) in [5.41, 5.74) is 2.37. The Morgan fingerprint density at radius 2 is 1.68 bits per heavy atom. The lowest BCUT2D eigenvalue weighted by Gasteiger charge is -2.36. The van der Waals surface area contributed by atoms with Gasteiger partial charge >= 0.3 is 0 Å². The molecule has 1 N–H and O–H groups in total. The molecular formula is C22H24N6O3. The molecule has 2 amide bonds. The number of amides is 2. The second kappa shape index (κ2) is 8.95. The molecule has 0 radical (unpaired) electrons. The summed E-state index contributed by atoms with van der Waals surface area (Å²) in [4.78, 5) is 40.2. The summed E-state index contributed by atoms with van der Waals surface area (Å²) in [5.74, 6) is 0.0872. The lowest BCUT2D eigenvalue weighted by atomic mass is 10.1. The fourth-order valence-corrected chi connectivity index (χ4v) is 3.61. The molecule has 160 valence electrons. The molecule has 2 aromatic heterocycles. The van der Waals surface area contributed by atoms with Crippen molar-refractivity contribution in [3.8, 4) is 0 Å². The van der Waals surface area contributed by atoms with Gasteiger partial charge in [-0.15, -0.1) is 10.2 Å². The summed E-state index contributed by atoms with van der Waals surface area (Å²) < 4.78 is 1.68. The molecule has 0 bridgehead atoms. The molecule has 1 saturated heterocycles. The fourth-order valence-electron chi connectivity index (χ4n) is 3.61. The molecule has 1 aliphatic heterocycles. The van der Waals surface area contributed by atoms with Crippen molar-refractivity contribution in [1.82, 2.24) is 19.5 Å². The minimum Gasteiger partial charge on any atom is -0.368 e. The van der Waals surface area contributed by atoms with E-state index in [0.717, 1.165) is 5.69 Å². The number of hydrogen-bond acceptors (Lipinski definition) is 6. The molecule has 0 atom stereocenters. The van der Waals surface area contributed by atoms with Gasteiger partial charge in [-0.25, -0.2) is 0 Å². The van der Waals surface area contributed by atoms with Gasteiger partial charge in [-0.05, 0) is 43.3 Å². The molecule has 3 aromatic rings. The van der Waals surface area contributed by atoms with Crippen LogP contribution < -0.4 is 10.2 Å². The van der Waals surface area contributed by atoms with Crippen molar-refractivity contribution in [3.05, 3.63) is 54.2 Å². The van der Waals surface area contributed by atoms with Crippen molar-refractivity contribution in [3.63, 3.8) is 0 Å². The van der Waals surface area contributed by atoms with Crippen molar-refractivity contribution in [1.29, 1.82) is 0 Å². The lowest BCUT2D eigenvalue weighted by molar-refractivity contribution is -0.133. The highest BCUT2D eigenvalue weighted by atomic mass is 16.2. The number of ketones is 1. The molecule has 0 saturated carbocycles. The fraction of sp³-hybridized carbons (Fsp3) is 0.318. The number of piperazine rings is 1. The van der Waals surface area contributed by atoms with E-state index in [-0.39, 0.29) is 30.4 Å². The minimum atomic E-state index is -0.268. The van der Waals surface area contributed by atoms with Gasteiger partial charge in [0, 0.05) is 56.5 Å². The number of fused-ring (bicyclic) bond motifs is 1. The van der Waals surface area contributed by atoms with Gasteiger partial charge in [-0.2, -0.15) is 0 Å². The SMILES string of the molecule is CC(=O)c1ccc(N2CCN(C(=O)CCC(=O)Nc3nnc4ccccn34)CC2)cc1. The third-order valence-corrected chi connectivity index (χ3v) is 5.40. The number of carbonyl (C=O) groups is 3. The van der Waals surface area contributed by atoms with E-state index < -0.39 is 0 Å². The number of aromatic nitrogens is 3. The summed E-state index contributed by atoms with van der Waals surface area (Å²) in [6, 6.07) is 13.0. The van der Waals surface area contributed by atoms with Gasteiger partial charge in [-0.1, -0.05) is 6.07 Å². The molecule has 0 aliphatic carbocycles. The summed E-state index contributed by atoms with van der Waals surface area (Å²) in [7, 11) is 0. The first kappa shape index (κ1) is 20.5. The maximum absolute atomic E-state index is 12.5. The highest BCUT2D eigenvalue weighted by molar-refractivity contribution is 5.94. The maximum atomic E-state index is 12.5. The van der Waals surface area contributed by atoms with E-state index in [1.165, 1.54) is 0 Å². The maximum Gasteiger partial charge on any atom is 0.235 e. The molecule has 9 heteroatoms. The third-order valence-electron chi connectivity index (χ3n) is 5.40. The van der Waals surface area contributed by atoms with Crippen LogP contribution >= 0.6 is 0 Å². The minimum absolute atomic E-state index is 0.0344. The van der Waals surface area contributed by atoms with Crippen molar-refractivity contribution in [2.24, 2.45) is 0 Å². The average molecular weight is 420 g/mol. The Labute approximate surface area is 179 Å². The van der Waals surface area contributed by atoms with Gasteiger partial charge in [0.05, 0.1) is 0 Å². The molecule has 0 unspecified atom stereocenters. The monoisotopic (exact) mass is 420 g/mol. The molecule has 9 nitrogen and oxygen atoms in total. The average Bonchev–Trinajstić information content (AvgIpc) is 3.20. The van der Waals surface area contributed by atoms with E-state index in [9.17, 15) is 14.4 Å². The molecule has 31 heavy (non-hydrogen) atoms. The molecule has 1 aromatic carbocycles. The predicted molar refractivity (Wildman–Crippen MR) is 116 cm³/mol. The van der Waals surface area contributed by atoms with Crippen molar-refractivity contribution in [2.75, 3.05) is 36.4 Å². The van der Waals surface area contributed by atoms with Crippen LogP contribution in [-0.2, 0) is 9.59 Å². The van der Waals surface area contributed by atoms with E-state index in [1.54, 1.807) is 28.5 Å². The molecule has 1 aliphatic rings. The summed E-state index contributed by atoms with van der Waals surface area (Å²) >= 11 is 0. The Kier molecular flexibility index (Phi) is 5.92. The number of nitrogens with zero attached hydrogens (tertiary/aromatic N) is 5. The molecule has 3 heterocycles. The Morgan fingerprint density at radius 3 is 2.39 bits per heavy atom. The predicted octanol–water partition coefficient (Wildman–Crippen LogP) is 2.00. The third kappa shape index (κ3) is 4.71. The zero-order chi connectivity index (χ0) is 21.8. The van der Waals surface area contributed by atoms with E-state index in [0.29, 0.717) is 43.3 Å². The van der Waals surface area contributed by atoms with E-state index in [4.69, 9.17) is 0 Å². The Bertz CT molecular complexity index is 1100. The summed E-state index contributed by atoms with van der Waals surface area (Å²) in [6.07, 6.45) is 2.01. The van der Waals surface area contributed by atoms with Crippen LogP contribution in [0.25, 0.3) is 5.65 Å². The molecule has 4 rings (SSSR count). The highest BCUT2D eigenvalue weighted by Gasteiger charge is 2.22. The number of rotatable bonds is 6. The summed E-state index contributed by atoms with van der Waals surface area (Å²) in [6.45, 7) is 4.17. The van der Waals surface area contributed by atoms with Gasteiger partial charge in [0.2, 0.25) is 17.8 Å². The van der Waals surface area contributed by atoms with Crippen LogP contribution in [0.5, 0.6) is 0 Å². The van der Waals surface area contributed by atoms with Gasteiger partial charge in [-0.3, -0.25) is 24.1 Å². The van der Waals surface area contributed by atoms with Crippen LogP contribution in [0.15, 0.2) is 48.7 Å². The quantitative estimate of drug-likeness (QED) is 0.613. The van der Waals surface area contributed by atoms with E-state index in [1.807, 2.05) is 36.4 Å². The molecule has 1 fully saturated rings. The van der Waals surface area contributed by atoms with Gasteiger partial charge in [0.25, 0.3) is 0 Å².